The van der Waals surface area contributed by atoms with Crippen LogP contribution in [-0.4, -0.2) is 13.4 Å². The van der Waals surface area contributed by atoms with Gasteiger partial charge < -0.3 is 4.74 Å². The number of para-hydroxylation sites is 1. The Morgan fingerprint density at radius 2 is 2.07 bits per heavy atom. The number of carbonyl (C=O) groups is 1. The molecule has 0 radical (unpaired) electrons. The van der Waals surface area contributed by atoms with Gasteiger partial charge >= 0.3 is 0 Å². The molecular formula is C10H10F2O2. The Bertz CT molecular complexity index is 342. The number of alkyl halides is 2. The predicted octanol–water partition coefficient (Wildman–Crippen LogP) is 2.62. The third-order valence-corrected chi connectivity index (χ3v) is 1.85. The van der Waals surface area contributed by atoms with E-state index in [4.69, 9.17) is 4.74 Å². The highest BCUT2D eigenvalue weighted by molar-refractivity contribution is 5.80. The summed E-state index contributed by atoms with van der Waals surface area (Å²) in [6.45, 7) is 0.763. The fourth-order valence-corrected chi connectivity index (χ4v) is 1.22. The van der Waals surface area contributed by atoms with Gasteiger partial charge in [-0.1, -0.05) is 6.07 Å². The largest absolute Gasteiger partial charge is 0.495 e. The van der Waals surface area contributed by atoms with Crippen LogP contribution in [0, 0.1) is 0 Å². The quantitative estimate of drug-likeness (QED) is 0.701. The average Bonchev–Trinajstić information content (AvgIpc) is 2.15. The van der Waals surface area contributed by atoms with Crippen molar-refractivity contribution in [2.75, 3.05) is 7.11 Å². The minimum absolute atomic E-state index is 0.0602. The summed E-state index contributed by atoms with van der Waals surface area (Å²) < 4.78 is 30.8. The molecule has 0 spiro atoms. The molecule has 0 aliphatic heterocycles. The Morgan fingerprint density at radius 1 is 1.43 bits per heavy atom. The Morgan fingerprint density at radius 3 is 2.50 bits per heavy atom. The summed E-state index contributed by atoms with van der Waals surface area (Å²) in [6, 6.07) is 4.08. The number of hydrogen-bond donors (Lipinski definition) is 0. The first-order chi connectivity index (χ1) is 6.50. The first-order valence-electron chi connectivity index (χ1n) is 4.01. The fraction of sp³-hybridized carbons (Fsp3) is 0.300. The number of rotatable bonds is 3. The molecule has 0 aliphatic carbocycles. The molecule has 0 amide bonds. The van der Waals surface area contributed by atoms with E-state index in [2.05, 4.69) is 0 Å². The standard InChI is InChI=1S/C10H10F2O2/c1-10(11,12)8-5-3-4-7(6-13)9(8)14-2/h3-6H,1-2H3. The highest BCUT2D eigenvalue weighted by Crippen LogP contribution is 2.35. The van der Waals surface area contributed by atoms with Crippen molar-refractivity contribution in [1.82, 2.24) is 0 Å². The van der Waals surface area contributed by atoms with E-state index in [9.17, 15) is 13.6 Å². The number of methoxy groups -OCH3 is 1. The minimum Gasteiger partial charge on any atom is -0.495 e. The van der Waals surface area contributed by atoms with Gasteiger partial charge in [0, 0.05) is 6.92 Å². The monoisotopic (exact) mass is 200 g/mol. The molecular weight excluding hydrogens is 190 g/mol. The van der Waals surface area contributed by atoms with Crippen molar-refractivity contribution < 1.29 is 18.3 Å². The van der Waals surface area contributed by atoms with Crippen LogP contribution in [0.4, 0.5) is 8.78 Å². The van der Waals surface area contributed by atoms with Crippen molar-refractivity contribution in [2.24, 2.45) is 0 Å². The smallest absolute Gasteiger partial charge is 0.274 e. The van der Waals surface area contributed by atoms with E-state index in [0.717, 1.165) is 6.92 Å². The number of carbonyl (C=O) groups excluding carboxylic acids is 1. The second-order valence-corrected chi connectivity index (χ2v) is 2.93. The molecule has 0 heterocycles. The number of benzene rings is 1. The van der Waals surface area contributed by atoms with Crippen molar-refractivity contribution in [1.29, 1.82) is 0 Å². The third kappa shape index (κ3) is 1.89. The van der Waals surface area contributed by atoms with E-state index >= 15 is 0 Å². The zero-order valence-electron chi connectivity index (χ0n) is 7.88. The molecule has 14 heavy (non-hydrogen) atoms. The molecule has 0 saturated heterocycles. The minimum atomic E-state index is -3.01. The fourth-order valence-electron chi connectivity index (χ4n) is 1.22. The molecule has 0 unspecified atom stereocenters. The zero-order valence-corrected chi connectivity index (χ0v) is 7.88. The SMILES string of the molecule is COc1c(C=O)cccc1C(C)(F)F. The molecule has 0 aliphatic rings. The van der Waals surface area contributed by atoms with E-state index < -0.39 is 5.92 Å². The highest BCUT2D eigenvalue weighted by atomic mass is 19.3. The maximum atomic E-state index is 13.0. The van der Waals surface area contributed by atoms with Crippen molar-refractivity contribution in [3.63, 3.8) is 0 Å². The lowest BCUT2D eigenvalue weighted by molar-refractivity contribution is 0.0150. The van der Waals surface area contributed by atoms with Gasteiger partial charge in [-0.25, -0.2) is 8.78 Å². The van der Waals surface area contributed by atoms with Gasteiger partial charge in [-0.15, -0.1) is 0 Å². The van der Waals surface area contributed by atoms with Gasteiger partial charge in [0.15, 0.2) is 6.29 Å². The molecule has 4 heteroatoms. The summed E-state index contributed by atoms with van der Waals surface area (Å²) in [5, 5.41) is 0. The van der Waals surface area contributed by atoms with Gasteiger partial charge in [-0.05, 0) is 12.1 Å². The Labute approximate surface area is 80.5 Å². The van der Waals surface area contributed by atoms with Crippen LogP contribution in [0.1, 0.15) is 22.8 Å². The van der Waals surface area contributed by atoms with Crippen LogP contribution in [0.15, 0.2) is 18.2 Å². The molecule has 2 nitrogen and oxygen atoms in total. The Hall–Kier alpha value is -1.45. The number of hydrogen-bond acceptors (Lipinski definition) is 2. The van der Waals surface area contributed by atoms with E-state index in [0.29, 0.717) is 6.29 Å². The van der Waals surface area contributed by atoms with Crippen LogP contribution in [0.3, 0.4) is 0 Å². The van der Waals surface area contributed by atoms with E-state index in [-0.39, 0.29) is 16.9 Å². The topological polar surface area (TPSA) is 26.3 Å². The van der Waals surface area contributed by atoms with Crippen molar-refractivity contribution in [2.45, 2.75) is 12.8 Å². The Balaban J connectivity index is 3.36. The summed E-state index contributed by atoms with van der Waals surface area (Å²) in [7, 11) is 1.26. The van der Waals surface area contributed by atoms with E-state index in [1.54, 1.807) is 0 Å². The van der Waals surface area contributed by atoms with Crippen LogP contribution >= 0.6 is 0 Å². The van der Waals surface area contributed by atoms with Gasteiger partial charge in [-0.2, -0.15) is 0 Å². The van der Waals surface area contributed by atoms with E-state index in [1.165, 1.54) is 25.3 Å². The summed E-state index contributed by atoms with van der Waals surface area (Å²) in [5.41, 5.74) is -0.142. The number of halogens is 2. The average molecular weight is 200 g/mol. The normalized spacial score (nSPS) is 11.1. The summed E-state index contributed by atoms with van der Waals surface area (Å²) in [5.74, 6) is -3.07. The zero-order chi connectivity index (χ0) is 10.8. The molecule has 76 valence electrons. The number of aldehydes is 1. The summed E-state index contributed by atoms with van der Waals surface area (Å²) in [6.07, 6.45) is 0.494. The lowest BCUT2D eigenvalue weighted by atomic mass is 10.0. The van der Waals surface area contributed by atoms with Gasteiger partial charge in [0.1, 0.15) is 5.75 Å². The van der Waals surface area contributed by atoms with Gasteiger partial charge in [-0.3, -0.25) is 4.79 Å². The van der Waals surface area contributed by atoms with Crippen LogP contribution in [-0.2, 0) is 5.92 Å². The van der Waals surface area contributed by atoms with E-state index in [1.807, 2.05) is 0 Å². The van der Waals surface area contributed by atoms with Crippen molar-refractivity contribution in [3.05, 3.63) is 29.3 Å². The van der Waals surface area contributed by atoms with Gasteiger partial charge in [0.25, 0.3) is 5.92 Å². The molecule has 0 bridgehead atoms. The van der Waals surface area contributed by atoms with Gasteiger partial charge in [0.05, 0.1) is 18.2 Å². The molecule has 1 aromatic carbocycles. The lowest BCUT2D eigenvalue weighted by Crippen LogP contribution is -2.10. The molecule has 1 aromatic rings. The second kappa shape index (κ2) is 3.74. The first kappa shape index (κ1) is 10.6. The molecule has 0 fully saturated rings. The van der Waals surface area contributed by atoms with Crippen molar-refractivity contribution >= 4 is 6.29 Å². The molecule has 0 saturated carbocycles. The molecule has 0 atom stereocenters. The lowest BCUT2D eigenvalue weighted by Gasteiger charge is -2.15. The van der Waals surface area contributed by atoms with Crippen LogP contribution in [0.2, 0.25) is 0 Å². The van der Waals surface area contributed by atoms with Crippen LogP contribution in [0.5, 0.6) is 5.75 Å². The maximum absolute atomic E-state index is 13.0. The molecule has 0 aromatic heterocycles. The molecule has 1 rings (SSSR count). The summed E-state index contributed by atoms with van der Waals surface area (Å²) >= 11 is 0. The number of ether oxygens (including phenoxy) is 1. The molecule has 0 N–H and O–H groups in total. The highest BCUT2D eigenvalue weighted by Gasteiger charge is 2.29. The van der Waals surface area contributed by atoms with Gasteiger partial charge in [0.2, 0.25) is 0 Å². The first-order valence-corrected chi connectivity index (χ1v) is 4.01. The van der Waals surface area contributed by atoms with Crippen molar-refractivity contribution in [3.8, 4) is 5.75 Å². The second-order valence-electron chi connectivity index (χ2n) is 2.93. The van der Waals surface area contributed by atoms with Crippen LogP contribution < -0.4 is 4.74 Å². The maximum Gasteiger partial charge on any atom is 0.274 e. The summed E-state index contributed by atoms with van der Waals surface area (Å²) in [4.78, 5) is 10.5. The Kier molecular flexibility index (Phi) is 2.84. The third-order valence-electron chi connectivity index (χ3n) is 1.85. The predicted molar refractivity (Wildman–Crippen MR) is 47.9 cm³/mol. The van der Waals surface area contributed by atoms with Crippen LogP contribution in [0.25, 0.3) is 0 Å².